The normalized spacial score (nSPS) is 13.3. The average Bonchev–Trinajstić information content (AvgIpc) is 3.22. The number of aromatic nitrogens is 2. The monoisotopic (exact) mass is 375 g/mol. The number of carbonyl (C=O) groups excluding carboxylic acids is 1. The Bertz CT molecular complexity index is 1110. The molecule has 0 unspecified atom stereocenters. The third kappa shape index (κ3) is 2.80. The zero-order chi connectivity index (χ0) is 18.3. The van der Waals surface area contributed by atoms with Crippen molar-refractivity contribution < 1.29 is 26.8 Å². The highest BCUT2D eigenvalue weighted by Crippen LogP contribution is 2.28. The molecule has 0 saturated carbocycles. The fourth-order valence-corrected chi connectivity index (χ4v) is 3.69. The first kappa shape index (κ1) is 16.2. The molecule has 1 aliphatic rings. The third-order valence-electron chi connectivity index (χ3n) is 3.73. The van der Waals surface area contributed by atoms with Crippen LogP contribution in [0.25, 0.3) is 11.5 Å². The lowest BCUT2D eigenvalue weighted by Gasteiger charge is -2.07. The Morgan fingerprint density at radius 3 is 2.62 bits per heavy atom. The van der Waals surface area contributed by atoms with Gasteiger partial charge in [-0.3, -0.25) is 0 Å². The van der Waals surface area contributed by atoms with E-state index in [9.17, 15) is 17.6 Å². The van der Waals surface area contributed by atoms with Crippen molar-refractivity contribution in [2.24, 2.45) is 0 Å². The second kappa shape index (κ2) is 5.92. The maximum absolute atomic E-state index is 13.0. The van der Waals surface area contributed by atoms with Crippen molar-refractivity contribution in [1.82, 2.24) is 10.2 Å². The fourth-order valence-electron chi connectivity index (χ4n) is 2.52. The Hall–Kier alpha value is -3.27. The fraction of sp³-hybridized carbons (Fsp3) is 0.0625. The van der Waals surface area contributed by atoms with E-state index in [1.165, 1.54) is 42.5 Å². The van der Waals surface area contributed by atoms with E-state index in [2.05, 4.69) is 14.9 Å². The average molecular weight is 375 g/mol. The van der Waals surface area contributed by atoms with Crippen LogP contribution in [-0.4, -0.2) is 24.6 Å². The lowest BCUT2D eigenvalue weighted by Crippen LogP contribution is -2.15. The molecule has 0 saturated heterocycles. The maximum Gasteiger partial charge on any atom is 0.338 e. The van der Waals surface area contributed by atoms with Gasteiger partial charge in [-0.15, -0.1) is 5.10 Å². The molecule has 1 aliphatic heterocycles. The predicted octanol–water partition coefficient (Wildman–Crippen LogP) is 2.35. The van der Waals surface area contributed by atoms with Crippen LogP contribution >= 0.6 is 0 Å². The first-order chi connectivity index (χ1) is 12.4. The summed E-state index contributed by atoms with van der Waals surface area (Å²) in [6.45, 7) is -0.129. The van der Waals surface area contributed by atoms with Crippen LogP contribution in [-0.2, 0) is 21.4 Å². The van der Waals surface area contributed by atoms with Gasteiger partial charge in [0, 0.05) is 11.1 Å². The number of benzene rings is 2. The third-order valence-corrected chi connectivity index (χ3v) is 5.13. The van der Waals surface area contributed by atoms with Gasteiger partial charge in [0.2, 0.25) is 5.89 Å². The lowest BCUT2D eigenvalue weighted by atomic mass is 10.1. The Balaban J connectivity index is 1.64. The van der Waals surface area contributed by atoms with Gasteiger partial charge in [0.15, 0.2) is 0 Å². The Labute approximate surface area is 146 Å². The quantitative estimate of drug-likeness (QED) is 0.697. The molecule has 0 bridgehead atoms. The van der Waals surface area contributed by atoms with Crippen LogP contribution in [0.5, 0.6) is 0 Å². The first-order valence-electron chi connectivity index (χ1n) is 7.35. The number of carbonyl (C=O) groups is 1. The molecule has 1 aromatic heterocycles. The van der Waals surface area contributed by atoms with Crippen molar-refractivity contribution in [2.75, 3.05) is 4.72 Å². The van der Waals surface area contributed by atoms with Crippen LogP contribution in [0.3, 0.4) is 0 Å². The van der Waals surface area contributed by atoms with Crippen molar-refractivity contribution in [3.05, 3.63) is 59.4 Å². The van der Waals surface area contributed by atoms with E-state index in [-0.39, 0.29) is 34.5 Å². The number of halogens is 1. The van der Waals surface area contributed by atoms with Crippen LogP contribution in [0.1, 0.15) is 15.9 Å². The molecule has 0 atom stereocenters. The van der Waals surface area contributed by atoms with E-state index < -0.39 is 21.8 Å². The van der Waals surface area contributed by atoms with Gasteiger partial charge in [0.25, 0.3) is 10.0 Å². The van der Waals surface area contributed by atoms with Crippen molar-refractivity contribution in [3.63, 3.8) is 0 Å². The lowest BCUT2D eigenvalue weighted by molar-refractivity contribution is 0.0534. The highest BCUT2D eigenvalue weighted by molar-refractivity contribution is 7.92. The molecular formula is C16H10FN3O5S. The molecule has 0 spiro atoms. The first-order valence-corrected chi connectivity index (χ1v) is 8.84. The van der Waals surface area contributed by atoms with Gasteiger partial charge in [-0.05, 0) is 36.4 Å². The standard InChI is InChI=1S/C16H10FN3O5S/c17-10-6-4-9(5-7-10)14-18-19-16(25-14)20-26(22,23)13-3-1-2-11-12(13)8-24-15(11)21/h1-7H,8H2,(H,19,20). The highest BCUT2D eigenvalue weighted by Gasteiger charge is 2.30. The molecule has 4 rings (SSSR count). The summed E-state index contributed by atoms with van der Waals surface area (Å²) in [5.74, 6) is -0.975. The molecule has 0 aliphatic carbocycles. The van der Waals surface area contributed by atoms with Gasteiger partial charge in [0.1, 0.15) is 12.4 Å². The molecular weight excluding hydrogens is 365 g/mol. The number of hydrogen-bond donors (Lipinski definition) is 1. The van der Waals surface area contributed by atoms with Crippen molar-refractivity contribution in [1.29, 1.82) is 0 Å². The van der Waals surface area contributed by atoms with E-state index in [0.717, 1.165) is 0 Å². The Morgan fingerprint density at radius 2 is 1.85 bits per heavy atom. The summed E-state index contributed by atoms with van der Waals surface area (Å²) in [5.41, 5.74) is 0.901. The topological polar surface area (TPSA) is 111 Å². The van der Waals surface area contributed by atoms with Gasteiger partial charge < -0.3 is 9.15 Å². The number of esters is 1. The number of nitrogens with zero attached hydrogens (tertiary/aromatic N) is 2. The molecule has 0 fully saturated rings. The van der Waals surface area contributed by atoms with E-state index in [4.69, 9.17) is 9.15 Å². The van der Waals surface area contributed by atoms with Crippen molar-refractivity contribution >= 4 is 22.0 Å². The Morgan fingerprint density at radius 1 is 1.08 bits per heavy atom. The molecule has 2 aromatic carbocycles. The van der Waals surface area contributed by atoms with E-state index in [1.54, 1.807) is 0 Å². The van der Waals surface area contributed by atoms with Gasteiger partial charge in [-0.1, -0.05) is 11.2 Å². The second-order valence-corrected chi connectivity index (χ2v) is 7.03. The summed E-state index contributed by atoms with van der Waals surface area (Å²) in [4.78, 5) is 11.5. The summed E-state index contributed by atoms with van der Waals surface area (Å²) in [5, 5.41) is 7.37. The smallest absolute Gasteiger partial charge is 0.338 e. The molecule has 10 heteroatoms. The van der Waals surface area contributed by atoms with Gasteiger partial charge in [0.05, 0.1) is 10.5 Å². The van der Waals surface area contributed by atoms with E-state index in [0.29, 0.717) is 5.56 Å². The predicted molar refractivity (Wildman–Crippen MR) is 86.1 cm³/mol. The molecule has 2 heterocycles. The summed E-state index contributed by atoms with van der Waals surface area (Å²) in [7, 11) is -4.08. The van der Waals surface area contributed by atoms with Gasteiger partial charge in [-0.25, -0.2) is 22.3 Å². The minimum absolute atomic E-state index is 0.0273. The summed E-state index contributed by atoms with van der Waals surface area (Å²) < 4.78 is 50.5. The van der Waals surface area contributed by atoms with Crippen LogP contribution < -0.4 is 4.72 Å². The van der Waals surface area contributed by atoms with E-state index >= 15 is 0 Å². The van der Waals surface area contributed by atoms with Gasteiger partial charge in [-0.2, -0.15) is 0 Å². The SMILES string of the molecule is O=C1OCc2c1cccc2S(=O)(=O)Nc1nnc(-c2ccc(F)cc2)o1. The summed E-state index contributed by atoms with van der Waals surface area (Å²) >= 11 is 0. The van der Waals surface area contributed by atoms with E-state index in [1.807, 2.05) is 0 Å². The second-order valence-electron chi connectivity index (χ2n) is 5.38. The molecule has 132 valence electrons. The molecule has 0 amide bonds. The number of cyclic esters (lactones) is 1. The number of hydrogen-bond acceptors (Lipinski definition) is 7. The van der Waals surface area contributed by atoms with Gasteiger partial charge >= 0.3 is 12.0 Å². The molecule has 8 nitrogen and oxygen atoms in total. The minimum Gasteiger partial charge on any atom is -0.457 e. The van der Waals surface area contributed by atoms with Crippen molar-refractivity contribution in [2.45, 2.75) is 11.5 Å². The largest absolute Gasteiger partial charge is 0.457 e. The Kier molecular flexibility index (Phi) is 3.69. The van der Waals surface area contributed by atoms with Crippen LogP contribution in [0.15, 0.2) is 51.8 Å². The zero-order valence-corrected chi connectivity index (χ0v) is 13.8. The minimum atomic E-state index is -4.08. The number of fused-ring (bicyclic) bond motifs is 1. The number of ether oxygens (including phenoxy) is 1. The van der Waals surface area contributed by atoms with Crippen LogP contribution in [0.4, 0.5) is 10.4 Å². The number of anilines is 1. The molecule has 26 heavy (non-hydrogen) atoms. The summed E-state index contributed by atoms with van der Waals surface area (Å²) in [6.07, 6.45) is 0. The van der Waals surface area contributed by atoms with Crippen LogP contribution in [0.2, 0.25) is 0 Å². The highest BCUT2D eigenvalue weighted by atomic mass is 32.2. The molecule has 0 radical (unpaired) electrons. The summed E-state index contributed by atoms with van der Waals surface area (Å²) in [6, 6.07) is 9.21. The molecule has 3 aromatic rings. The van der Waals surface area contributed by atoms with Crippen LogP contribution in [0, 0.1) is 5.82 Å². The zero-order valence-electron chi connectivity index (χ0n) is 13.0. The number of sulfonamides is 1. The van der Waals surface area contributed by atoms with Crippen molar-refractivity contribution in [3.8, 4) is 11.5 Å². The molecule has 1 N–H and O–H groups in total. The number of nitrogens with one attached hydrogen (secondary N) is 1. The maximum atomic E-state index is 13.0. The number of rotatable bonds is 4.